The summed E-state index contributed by atoms with van der Waals surface area (Å²) in [5, 5.41) is 67.0. The summed E-state index contributed by atoms with van der Waals surface area (Å²) in [7, 11) is 0. The van der Waals surface area contributed by atoms with E-state index in [1.807, 2.05) is 6.92 Å². The van der Waals surface area contributed by atoms with E-state index in [0.717, 1.165) is 32.1 Å². The molecule has 37 heavy (non-hydrogen) atoms. The number of nitrogens with two attached hydrogens (primary N) is 1. The molecule has 1 saturated carbocycles. The van der Waals surface area contributed by atoms with Crippen molar-refractivity contribution < 1.29 is 45.0 Å². The largest absolute Gasteiger partial charge is 0.511 e. The van der Waals surface area contributed by atoms with Gasteiger partial charge < -0.3 is 36.4 Å². The van der Waals surface area contributed by atoms with Crippen LogP contribution in [0.15, 0.2) is 34.8 Å². The molecule has 8 N–H and O–H groups in total. The van der Waals surface area contributed by atoms with Crippen molar-refractivity contribution in [2.45, 2.75) is 81.0 Å². The SMILES string of the molecule is C[C@H]1c2ccc(C3(C)CCCCC3)c(O)c2C(=O)C2=C(O)[C@]3(O)C(=O)C(C(N)=O)=C(O)C[C@]3(O)[C@@H](O)[C@@H]21. The lowest BCUT2D eigenvalue weighted by molar-refractivity contribution is -0.219. The van der Waals surface area contributed by atoms with Gasteiger partial charge in [-0.05, 0) is 29.7 Å². The Balaban J connectivity index is 1.74. The summed E-state index contributed by atoms with van der Waals surface area (Å²) in [5.41, 5.74) is -2.13. The molecule has 1 aromatic carbocycles. The topological polar surface area (TPSA) is 199 Å². The Labute approximate surface area is 212 Å². The van der Waals surface area contributed by atoms with Crippen molar-refractivity contribution in [1.29, 1.82) is 0 Å². The molecule has 0 saturated heterocycles. The summed E-state index contributed by atoms with van der Waals surface area (Å²) in [6.07, 6.45) is 1.63. The summed E-state index contributed by atoms with van der Waals surface area (Å²) in [6, 6.07) is 3.45. The molecule has 4 aliphatic carbocycles. The van der Waals surface area contributed by atoms with Crippen molar-refractivity contribution >= 4 is 17.5 Å². The summed E-state index contributed by atoms with van der Waals surface area (Å²) in [5.74, 6) is -8.45. The smallest absolute Gasteiger partial charge is 0.255 e. The zero-order valence-electron chi connectivity index (χ0n) is 20.6. The standard InChI is InChI=1S/C27H31NO9/c1-11-12-6-7-13(25(2)8-4-3-5-9-25)19(30)16(12)20(31)18-15(11)21(32)26(36)10-14(29)17(24(28)35)22(33)27(26,37)23(18)34/h6-7,11,15,21,29-30,32,34,36-37H,3-5,8-10H2,1-2H3,(H2,28,35)/t11-,15+,21-,26-,27+/m0/s1. The number of aromatic hydroxyl groups is 1. The van der Waals surface area contributed by atoms with Gasteiger partial charge in [-0.15, -0.1) is 0 Å². The van der Waals surface area contributed by atoms with E-state index < -0.39 is 75.7 Å². The van der Waals surface area contributed by atoms with Crippen LogP contribution in [-0.2, 0) is 15.0 Å². The van der Waals surface area contributed by atoms with Crippen LogP contribution in [0.2, 0.25) is 0 Å². The van der Waals surface area contributed by atoms with Crippen LogP contribution >= 0.6 is 0 Å². The lowest BCUT2D eigenvalue weighted by Crippen LogP contribution is -2.73. The van der Waals surface area contributed by atoms with E-state index >= 15 is 0 Å². The highest BCUT2D eigenvalue weighted by molar-refractivity contribution is 6.25. The number of amides is 1. The third kappa shape index (κ3) is 3.00. The number of Topliss-reactive ketones (excluding diaryl/α,β-unsaturated/α-hetero) is 2. The second kappa shape index (κ2) is 7.89. The first-order chi connectivity index (χ1) is 17.2. The minimum atomic E-state index is -3.33. The fourth-order valence-electron chi connectivity index (χ4n) is 7.10. The van der Waals surface area contributed by atoms with Gasteiger partial charge in [-0.25, -0.2) is 0 Å². The zero-order valence-corrected chi connectivity index (χ0v) is 20.6. The maximum Gasteiger partial charge on any atom is 0.255 e. The number of primary amides is 1. The number of phenolic OH excluding ortho intramolecular Hbond substituents is 1. The first kappa shape index (κ1) is 25.4. The first-order valence-electron chi connectivity index (χ1n) is 12.5. The molecule has 10 nitrogen and oxygen atoms in total. The van der Waals surface area contributed by atoms with E-state index in [4.69, 9.17) is 5.73 Å². The van der Waals surface area contributed by atoms with E-state index in [9.17, 15) is 45.0 Å². The molecule has 0 aromatic heterocycles. The molecule has 0 radical (unpaired) electrons. The number of hydrogen-bond acceptors (Lipinski definition) is 9. The van der Waals surface area contributed by atoms with Crippen molar-refractivity contribution in [3.8, 4) is 5.75 Å². The Morgan fingerprint density at radius 2 is 1.68 bits per heavy atom. The molecule has 0 aliphatic heterocycles. The molecule has 0 unspecified atom stereocenters. The van der Waals surface area contributed by atoms with Gasteiger partial charge >= 0.3 is 0 Å². The van der Waals surface area contributed by atoms with E-state index in [0.29, 0.717) is 11.1 Å². The number of benzene rings is 1. The second-order valence-corrected chi connectivity index (χ2v) is 11.2. The van der Waals surface area contributed by atoms with Gasteiger partial charge in [0.05, 0.1) is 11.7 Å². The fraction of sp³-hybridized carbons (Fsp3) is 0.519. The van der Waals surface area contributed by atoms with Gasteiger partial charge in [-0.1, -0.05) is 45.2 Å². The Morgan fingerprint density at radius 3 is 2.27 bits per heavy atom. The van der Waals surface area contributed by atoms with Gasteiger partial charge in [0, 0.05) is 23.5 Å². The quantitative estimate of drug-likeness (QED) is 0.286. The minimum absolute atomic E-state index is 0.104. The molecule has 5 rings (SSSR count). The van der Waals surface area contributed by atoms with Gasteiger partial charge in [-0.2, -0.15) is 0 Å². The minimum Gasteiger partial charge on any atom is -0.511 e. The molecule has 1 amide bonds. The van der Waals surface area contributed by atoms with E-state index in [1.165, 1.54) is 0 Å². The summed E-state index contributed by atoms with van der Waals surface area (Å²) >= 11 is 0. The monoisotopic (exact) mass is 513 g/mol. The van der Waals surface area contributed by atoms with Crippen LogP contribution in [0, 0.1) is 5.92 Å². The first-order valence-corrected chi connectivity index (χ1v) is 12.5. The molecule has 10 heteroatoms. The van der Waals surface area contributed by atoms with Crippen LogP contribution < -0.4 is 5.73 Å². The van der Waals surface area contributed by atoms with Crippen LogP contribution in [0.25, 0.3) is 0 Å². The highest BCUT2D eigenvalue weighted by Crippen LogP contribution is 2.57. The van der Waals surface area contributed by atoms with Crippen molar-refractivity contribution in [3.05, 3.63) is 51.5 Å². The molecule has 1 aromatic rings. The fourth-order valence-corrected chi connectivity index (χ4v) is 7.10. The molecule has 0 spiro atoms. The molecule has 5 atom stereocenters. The maximum atomic E-state index is 13.9. The van der Waals surface area contributed by atoms with Gasteiger partial charge in [0.25, 0.3) is 5.91 Å². The van der Waals surface area contributed by atoms with E-state index in [2.05, 4.69) is 0 Å². The number of ketones is 2. The third-order valence-electron chi connectivity index (χ3n) is 9.23. The molecule has 4 aliphatic rings. The van der Waals surface area contributed by atoms with Crippen LogP contribution in [0.1, 0.15) is 79.8 Å². The molecular formula is C27H31NO9. The van der Waals surface area contributed by atoms with Crippen LogP contribution in [-0.4, -0.2) is 65.4 Å². The number of carbonyl (C=O) groups is 3. The number of fused-ring (bicyclic) bond motifs is 3. The summed E-state index contributed by atoms with van der Waals surface area (Å²) in [6.45, 7) is 3.64. The van der Waals surface area contributed by atoms with E-state index in [1.54, 1.807) is 19.1 Å². The van der Waals surface area contributed by atoms with Crippen molar-refractivity contribution in [2.75, 3.05) is 0 Å². The normalized spacial score (nSPS) is 35.1. The molecule has 1 fully saturated rings. The lowest BCUT2D eigenvalue weighted by atomic mass is 9.54. The predicted molar refractivity (Wildman–Crippen MR) is 129 cm³/mol. The third-order valence-corrected chi connectivity index (χ3v) is 9.23. The van der Waals surface area contributed by atoms with Crippen molar-refractivity contribution in [1.82, 2.24) is 0 Å². The number of aliphatic hydroxyl groups excluding tert-OH is 3. The number of phenols is 1. The van der Waals surface area contributed by atoms with Crippen LogP contribution in [0.5, 0.6) is 5.75 Å². The van der Waals surface area contributed by atoms with Crippen LogP contribution in [0.4, 0.5) is 0 Å². The molecule has 0 bridgehead atoms. The van der Waals surface area contributed by atoms with Gasteiger partial charge in [-0.3, -0.25) is 14.4 Å². The highest BCUT2D eigenvalue weighted by atomic mass is 16.4. The Morgan fingerprint density at radius 1 is 1.05 bits per heavy atom. The Hall–Kier alpha value is -3.21. The van der Waals surface area contributed by atoms with E-state index in [-0.39, 0.29) is 16.7 Å². The number of aliphatic hydroxyl groups is 5. The number of hydrogen-bond donors (Lipinski definition) is 7. The lowest BCUT2D eigenvalue weighted by Gasteiger charge is -2.54. The summed E-state index contributed by atoms with van der Waals surface area (Å²) in [4.78, 5) is 38.9. The second-order valence-electron chi connectivity index (χ2n) is 11.2. The Kier molecular flexibility index (Phi) is 5.43. The summed E-state index contributed by atoms with van der Waals surface area (Å²) < 4.78 is 0. The predicted octanol–water partition coefficient (Wildman–Crippen LogP) is 1.45. The van der Waals surface area contributed by atoms with Gasteiger partial charge in [0.1, 0.15) is 28.4 Å². The van der Waals surface area contributed by atoms with Crippen molar-refractivity contribution in [3.63, 3.8) is 0 Å². The molecule has 198 valence electrons. The molecular weight excluding hydrogens is 482 g/mol. The van der Waals surface area contributed by atoms with Gasteiger partial charge in [0.2, 0.25) is 11.4 Å². The Bertz CT molecular complexity index is 1320. The average Bonchev–Trinajstić information content (AvgIpc) is 2.82. The maximum absolute atomic E-state index is 13.9. The number of rotatable bonds is 2. The number of carbonyl (C=O) groups excluding carboxylic acids is 3. The average molecular weight is 514 g/mol. The van der Waals surface area contributed by atoms with Gasteiger partial charge in [0.15, 0.2) is 5.78 Å². The zero-order chi connectivity index (χ0) is 27.2. The highest BCUT2D eigenvalue weighted by Gasteiger charge is 2.72. The molecule has 0 heterocycles. The van der Waals surface area contributed by atoms with Crippen molar-refractivity contribution in [2.24, 2.45) is 11.7 Å². The van der Waals surface area contributed by atoms with Crippen LogP contribution in [0.3, 0.4) is 0 Å².